The molecular weight excluding hydrogens is 174 g/mol. The minimum absolute atomic E-state index is 0.0659. The summed E-state index contributed by atoms with van der Waals surface area (Å²) < 4.78 is 1.91. The van der Waals surface area contributed by atoms with Crippen LogP contribution in [0.25, 0.3) is 17.1 Å². The van der Waals surface area contributed by atoms with Crippen LogP contribution >= 0.6 is 0 Å². The topological polar surface area (TPSA) is 22.0 Å². The average molecular weight is 185 g/mol. The van der Waals surface area contributed by atoms with E-state index < -0.39 is 0 Å². The number of benzene rings is 1. The van der Waals surface area contributed by atoms with Crippen LogP contribution in [0, 0.1) is 6.92 Å². The fraction of sp³-hybridized carbons (Fsp3) is 0.0833. The van der Waals surface area contributed by atoms with E-state index in [4.69, 9.17) is 0 Å². The number of rotatable bonds is 1. The normalized spacial score (nSPS) is 10.4. The lowest BCUT2D eigenvalue weighted by atomic mass is 10.2. The maximum absolute atomic E-state index is 11.6. The van der Waals surface area contributed by atoms with Gasteiger partial charge in [0.15, 0.2) is 5.43 Å². The third kappa shape index (κ3) is 1.16. The van der Waals surface area contributed by atoms with Crippen molar-refractivity contribution in [3.63, 3.8) is 0 Å². The highest BCUT2D eigenvalue weighted by Crippen LogP contribution is 2.12. The Morgan fingerprint density at radius 2 is 2.07 bits per heavy atom. The van der Waals surface area contributed by atoms with Gasteiger partial charge in [-0.25, -0.2) is 0 Å². The highest BCUT2D eigenvalue weighted by atomic mass is 16.1. The number of aryl methyl sites for hydroxylation is 1. The molecule has 14 heavy (non-hydrogen) atoms. The van der Waals surface area contributed by atoms with Gasteiger partial charge in [-0.05, 0) is 19.1 Å². The summed E-state index contributed by atoms with van der Waals surface area (Å²) in [6.07, 6.45) is 1.72. The Balaban J connectivity index is 3.05. The summed E-state index contributed by atoms with van der Waals surface area (Å²) in [5.41, 5.74) is 1.88. The van der Waals surface area contributed by atoms with Crippen LogP contribution in [-0.2, 0) is 0 Å². The molecule has 0 aliphatic carbocycles. The largest absolute Gasteiger partial charge is 0.321 e. The molecule has 1 aromatic carbocycles. The Hall–Kier alpha value is -1.83. The summed E-state index contributed by atoms with van der Waals surface area (Å²) in [4.78, 5) is 11.6. The van der Waals surface area contributed by atoms with Crippen molar-refractivity contribution in [2.75, 3.05) is 0 Å². The zero-order valence-electron chi connectivity index (χ0n) is 8.03. The fourth-order valence-electron chi connectivity index (χ4n) is 1.66. The first-order chi connectivity index (χ1) is 6.74. The lowest BCUT2D eigenvalue weighted by Gasteiger charge is -2.08. The minimum Gasteiger partial charge on any atom is -0.321 e. The van der Waals surface area contributed by atoms with E-state index in [1.54, 1.807) is 12.3 Å². The smallest absolute Gasteiger partial charge is 0.189 e. The molecule has 0 atom stereocenters. The molecular formula is C12H11NO. The van der Waals surface area contributed by atoms with Crippen molar-refractivity contribution in [2.45, 2.75) is 6.92 Å². The summed E-state index contributed by atoms with van der Waals surface area (Å²) in [6, 6.07) is 9.17. The molecule has 2 aromatic rings. The molecule has 2 rings (SSSR count). The molecule has 0 N–H and O–H groups in total. The number of aromatic nitrogens is 1. The van der Waals surface area contributed by atoms with Crippen molar-refractivity contribution in [1.29, 1.82) is 0 Å². The highest BCUT2D eigenvalue weighted by molar-refractivity contribution is 5.80. The maximum atomic E-state index is 11.6. The zero-order chi connectivity index (χ0) is 10.1. The molecule has 2 heteroatoms. The van der Waals surface area contributed by atoms with E-state index in [0.717, 1.165) is 16.6 Å². The van der Waals surface area contributed by atoms with Gasteiger partial charge in [-0.1, -0.05) is 18.7 Å². The third-order valence-electron chi connectivity index (χ3n) is 2.33. The van der Waals surface area contributed by atoms with E-state index in [1.165, 1.54) is 0 Å². The van der Waals surface area contributed by atoms with E-state index in [0.29, 0.717) is 0 Å². The number of para-hydroxylation sites is 1. The minimum atomic E-state index is 0.0659. The molecule has 0 radical (unpaired) electrons. The van der Waals surface area contributed by atoms with Gasteiger partial charge in [0, 0.05) is 23.3 Å². The Morgan fingerprint density at radius 1 is 1.36 bits per heavy atom. The van der Waals surface area contributed by atoms with Crippen molar-refractivity contribution in [3.05, 3.63) is 52.8 Å². The van der Waals surface area contributed by atoms with E-state index in [9.17, 15) is 4.79 Å². The van der Waals surface area contributed by atoms with Gasteiger partial charge in [-0.2, -0.15) is 0 Å². The molecule has 0 aliphatic heterocycles. The molecule has 1 aromatic heterocycles. The van der Waals surface area contributed by atoms with Crippen LogP contribution in [-0.4, -0.2) is 4.57 Å². The van der Waals surface area contributed by atoms with Gasteiger partial charge in [0.2, 0.25) is 0 Å². The molecule has 0 fully saturated rings. The Labute approximate surface area is 82.1 Å². The predicted molar refractivity (Wildman–Crippen MR) is 59.3 cm³/mol. The van der Waals surface area contributed by atoms with Gasteiger partial charge in [0.25, 0.3) is 0 Å². The molecule has 1 heterocycles. The monoisotopic (exact) mass is 185 g/mol. The second-order valence-electron chi connectivity index (χ2n) is 3.22. The number of nitrogens with zero attached hydrogens (tertiary/aromatic N) is 1. The number of hydrogen-bond acceptors (Lipinski definition) is 1. The van der Waals surface area contributed by atoms with E-state index >= 15 is 0 Å². The van der Waals surface area contributed by atoms with Crippen molar-refractivity contribution < 1.29 is 0 Å². The number of fused-ring (bicyclic) bond motifs is 1. The lowest BCUT2D eigenvalue weighted by molar-refractivity contribution is 1.09. The molecule has 0 aliphatic rings. The first-order valence-electron chi connectivity index (χ1n) is 4.47. The van der Waals surface area contributed by atoms with Crippen molar-refractivity contribution in [3.8, 4) is 0 Å². The molecule has 70 valence electrons. The fourth-order valence-corrected chi connectivity index (χ4v) is 1.66. The van der Waals surface area contributed by atoms with Crippen LogP contribution < -0.4 is 5.43 Å². The second kappa shape index (κ2) is 3.14. The zero-order valence-corrected chi connectivity index (χ0v) is 8.03. The van der Waals surface area contributed by atoms with Gasteiger partial charge >= 0.3 is 0 Å². The van der Waals surface area contributed by atoms with Gasteiger partial charge in [0.1, 0.15) is 0 Å². The molecule has 0 unspecified atom stereocenters. The van der Waals surface area contributed by atoms with E-state index in [-0.39, 0.29) is 5.43 Å². The highest BCUT2D eigenvalue weighted by Gasteiger charge is 2.02. The Kier molecular flexibility index (Phi) is 1.97. The maximum Gasteiger partial charge on any atom is 0.189 e. The summed E-state index contributed by atoms with van der Waals surface area (Å²) in [7, 11) is 0. The van der Waals surface area contributed by atoms with E-state index in [2.05, 4.69) is 6.58 Å². The molecule has 0 spiro atoms. The van der Waals surface area contributed by atoms with Gasteiger partial charge in [-0.15, -0.1) is 0 Å². The molecule has 0 saturated carbocycles. The van der Waals surface area contributed by atoms with Crippen LogP contribution in [0.3, 0.4) is 0 Å². The van der Waals surface area contributed by atoms with Gasteiger partial charge < -0.3 is 4.57 Å². The summed E-state index contributed by atoms with van der Waals surface area (Å²) in [5, 5.41) is 0.734. The van der Waals surface area contributed by atoms with Crippen LogP contribution in [0.15, 0.2) is 41.7 Å². The Morgan fingerprint density at radius 3 is 2.79 bits per heavy atom. The first-order valence-corrected chi connectivity index (χ1v) is 4.47. The van der Waals surface area contributed by atoms with Crippen LogP contribution in [0.4, 0.5) is 0 Å². The predicted octanol–water partition coefficient (Wildman–Crippen LogP) is 2.41. The SMILES string of the molecule is C=Cn1c(C)cc(=O)c2ccccc21. The number of hydrogen-bond donors (Lipinski definition) is 0. The summed E-state index contributed by atoms with van der Waals surface area (Å²) >= 11 is 0. The van der Waals surface area contributed by atoms with Crippen molar-refractivity contribution >= 4 is 17.1 Å². The summed E-state index contributed by atoms with van der Waals surface area (Å²) in [5.74, 6) is 0. The van der Waals surface area contributed by atoms with Gasteiger partial charge in [-0.3, -0.25) is 4.79 Å². The lowest BCUT2D eigenvalue weighted by Crippen LogP contribution is -2.07. The van der Waals surface area contributed by atoms with E-state index in [1.807, 2.05) is 35.8 Å². The molecule has 0 bridgehead atoms. The third-order valence-corrected chi connectivity index (χ3v) is 2.33. The molecule has 0 saturated heterocycles. The number of pyridine rings is 1. The Bertz CT molecular complexity index is 552. The first kappa shape index (κ1) is 8.75. The average Bonchev–Trinajstić information content (AvgIpc) is 2.18. The standard InChI is InChI=1S/C12H11NO/c1-3-13-9(2)8-12(14)10-6-4-5-7-11(10)13/h3-8H,1H2,2H3. The van der Waals surface area contributed by atoms with Crippen molar-refractivity contribution in [1.82, 2.24) is 4.57 Å². The molecule has 0 amide bonds. The summed E-state index contributed by atoms with van der Waals surface area (Å²) in [6.45, 7) is 5.63. The quantitative estimate of drug-likeness (QED) is 0.668. The van der Waals surface area contributed by atoms with Crippen LogP contribution in [0.1, 0.15) is 5.69 Å². The van der Waals surface area contributed by atoms with Crippen LogP contribution in [0.2, 0.25) is 0 Å². The van der Waals surface area contributed by atoms with Crippen molar-refractivity contribution in [2.24, 2.45) is 0 Å². The van der Waals surface area contributed by atoms with Gasteiger partial charge in [0.05, 0.1) is 5.52 Å². The molecule has 2 nitrogen and oxygen atoms in total. The van der Waals surface area contributed by atoms with Crippen LogP contribution in [0.5, 0.6) is 0 Å². The second-order valence-corrected chi connectivity index (χ2v) is 3.22.